The van der Waals surface area contributed by atoms with E-state index in [0.29, 0.717) is 11.5 Å². The molecule has 7 heteroatoms. The molecule has 0 spiro atoms. The smallest absolute Gasteiger partial charge is 0.262 e. The van der Waals surface area contributed by atoms with Gasteiger partial charge in [0.05, 0.1) is 10.6 Å². The van der Waals surface area contributed by atoms with Crippen molar-refractivity contribution in [1.82, 2.24) is 9.97 Å². The minimum Gasteiger partial charge on any atom is -0.373 e. The van der Waals surface area contributed by atoms with Gasteiger partial charge in [-0.05, 0) is 24.6 Å². The highest BCUT2D eigenvalue weighted by Crippen LogP contribution is 2.19. The lowest BCUT2D eigenvalue weighted by Gasteiger charge is -2.10. The zero-order chi connectivity index (χ0) is 13.9. The van der Waals surface area contributed by atoms with E-state index in [0.717, 1.165) is 5.56 Å². The van der Waals surface area contributed by atoms with E-state index in [1.54, 1.807) is 26.2 Å². The second kappa shape index (κ2) is 5.23. The summed E-state index contributed by atoms with van der Waals surface area (Å²) in [5.74, 6) is 0.495. The molecular weight excluding hydrogens is 264 g/mol. The molecule has 2 aromatic heterocycles. The van der Waals surface area contributed by atoms with Crippen LogP contribution >= 0.6 is 0 Å². The molecule has 0 atom stereocenters. The Bertz CT molecular complexity index is 686. The number of hydrogen-bond donors (Lipinski definition) is 2. The Hall–Kier alpha value is -2.15. The molecule has 2 rings (SSSR count). The molecule has 0 bridgehead atoms. The number of nitrogens with one attached hydrogen (secondary N) is 2. The molecule has 19 heavy (non-hydrogen) atoms. The Morgan fingerprint density at radius 3 is 2.68 bits per heavy atom. The van der Waals surface area contributed by atoms with Gasteiger partial charge < -0.3 is 5.32 Å². The van der Waals surface area contributed by atoms with Crippen molar-refractivity contribution in [2.24, 2.45) is 0 Å². The van der Waals surface area contributed by atoms with E-state index in [9.17, 15) is 8.42 Å². The summed E-state index contributed by atoms with van der Waals surface area (Å²) >= 11 is 0. The first-order valence-corrected chi connectivity index (χ1v) is 7.08. The lowest BCUT2D eigenvalue weighted by Crippen LogP contribution is -2.14. The van der Waals surface area contributed by atoms with Gasteiger partial charge >= 0.3 is 0 Å². The van der Waals surface area contributed by atoms with E-state index < -0.39 is 10.0 Å². The summed E-state index contributed by atoms with van der Waals surface area (Å²) in [4.78, 5) is 8.06. The van der Waals surface area contributed by atoms with E-state index >= 15 is 0 Å². The average Bonchev–Trinajstić information content (AvgIpc) is 2.41. The fourth-order valence-electron chi connectivity index (χ4n) is 1.51. The molecule has 6 nitrogen and oxygen atoms in total. The zero-order valence-corrected chi connectivity index (χ0v) is 11.4. The molecule has 0 saturated heterocycles. The largest absolute Gasteiger partial charge is 0.373 e. The predicted molar refractivity (Wildman–Crippen MR) is 73.6 cm³/mol. The van der Waals surface area contributed by atoms with Crippen molar-refractivity contribution in [2.75, 3.05) is 17.1 Å². The van der Waals surface area contributed by atoms with Gasteiger partial charge in [0.25, 0.3) is 10.0 Å². The maximum Gasteiger partial charge on any atom is 0.262 e. The molecule has 0 unspecified atom stereocenters. The molecule has 0 radical (unpaired) electrons. The van der Waals surface area contributed by atoms with Crippen molar-refractivity contribution < 1.29 is 8.42 Å². The summed E-state index contributed by atoms with van der Waals surface area (Å²) in [5.41, 5.74) is 1.27. The fraction of sp³-hybridized carbons (Fsp3) is 0.167. The van der Waals surface area contributed by atoms with Crippen LogP contribution < -0.4 is 10.0 Å². The van der Waals surface area contributed by atoms with Gasteiger partial charge in [-0.1, -0.05) is 0 Å². The van der Waals surface area contributed by atoms with Gasteiger partial charge in [0.15, 0.2) is 0 Å². The van der Waals surface area contributed by atoms with Gasteiger partial charge in [-0.2, -0.15) is 0 Å². The Labute approximate surface area is 112 Å². The third-order valence-electron chi connectivity index (χ3n) is 2.56. The fourth-order valence-corrected chi connectivity index (χ4v) is 2.65. The van der Waals surface area contributed by atoms with Crippen LogP contribution in [0.2, 0.25) is 0 Å². The van der Waals surface area contributed by atoms with Crippen molar-refractivity contribution >= 4 is 21.5 Å². The van der Waals surface area contributed by atoms with E-state index in [-0.39, 0.29) is 4.90 Å². The molecule has 100 valence electrons. The first-order valence-electron chi connectivity index (χ1n) is 5.60. The lowest BCUT2D eigenvalue weighted by atomic mass is 10.3. The molecule has 0 aliphatic rings. The van der Waals surface area contributed by atoms with Crippen LogP contribution in [0.3, 0.4) is 0 Å². The lowest BCUT2D eigenvalue weighted by molar-refractivity contribution is 0.601. The molecule has 2 heterocycles. The number of aromatic nitrogens is 2. The van der Waals surface area contributed by atoms with Gasteiger partial charge in [0.2, 0.25) is 0 Å². The molecule has 2 aromatic rings. The Morgan fingerprint density at radius 2 is 2.00 bits per heavy atom. The molecule has 0 amide bonds. The van der Waals surface area contributed by atoms with Crippen molar-refractivity contribution in [3.8, 4) is 0 Å². The number of aryl methyl sites for hydroxylation is 1. The first kappa shape index (κ1) is 13.3. The maximum absolute atomic E-state index is 12.2. The molecule has 0 aliphatic heterocycles. The van der Waals surface area contributed by atoms with E-state index in [2.05, 4.69) is 20.0 Å². The summed E-state index contributed by atoms with van der Waals surface area (Å²) in [6.07, 6.45) is 4.58. The summed E-state index contributed by atoms with van der Waals surface area (Å²) in [6.45, 7) is 1.79. The highest BCUT2D eigenvalue weighted by Gasteiger charge is 2.15. The Morgan fingerprint density at radius 1 is 1.21 bits per heavy atom. The molecule has 0 fully saturated rings. The number of anilines is 2. The van der Waals surface area contributed by atoms with Crippen LogP contribution in [0.5, 0.6) is 0 Å². The topological polar surface area (TPSA) is 84.0 Å². The average molecular weight is 278 g/mol. The van der Waals surface area contributed by atoms with Gasteiger partial charge in [-0.3, -0.25) is 9.71 Å². The number of hydrogen-bond acceptors (Lipinski definition) is 5. The van der Waals surface area contributed by atoms with Crippen molar-refractivity contribution in [1.29, 1.82) is 0 Å². The highest BCUT2D eigenvalue weighted by atomic mass is 32.2. The van der Waals surface area contributed by atoms with Crippen LogP contribution in [0, 0.1) is 6.92 Å². The van der Waals surface area contributed by atoms with Crippen LogP contribution in [0.1, 0.15) is 5.56 Å². The second-order valence-electron chi connectivity index (χ2n) is 3.92. The van der Waals surface area contributed by atoms with E-state index in [1.807, 2.05) is 0 Å². The first-order chi connectivity index (χ1) is 9.03. The summed E-state index contributed by atoms with van der Waals surface area (Å²) in [6, 6.07) is 4.53. The van der Waals surface area contributed by atoms with Crippen LogP contribution in [0.25, 0.3) is 0 Å². The standard InChI is InChI=1S/C12H14N4O2S/c1-9-8-14-5-4-11(9)16-19(17,18)10-3-6-15-12(7-10)13-2/h3-8H,1-2H3,(H,13,15)(H,14,16). The number of rotatable bonds is 4. The SMILES string of the molecule is CNc1cc(S(=O)(=O)Nc2ccncc2C)ccn1. The Kier molecular flexibility index (Phi) is 3.66. The zero-order valence-electron chi connectivity index (χ0n) is 10.6. The molecule has 2 N–H and O–H groups in total. The monoisotopic (exact) mass is 278 g/mol. The van der Waals surface area contributed by atoms with Gasteiger partial charge in [0, 0.05) is 31.7 Å². The normalized spacial score (nSPS) is 11.1. The van der Waals surface area contributed by atoms with Crippen LogP contribution in [-0.2, 0) is 10.0 Å². The second-order valence-corrected chi connectivity index (χ2v) is 5.61. The summed E-state index contributed by atoms with van der Waals surface area (Å²) in [5, 5.41) is 2.80. The number of sulfonamides is 1. The van der Waals surface area contributed by atoms with Gasteiger partial charge in [-0.15, -0.1) is 0 Å². The number of nitrogens with zero attached hydrogens (tertiary/aromatic N) is 2. The number of pyridine rings is 2. The van der Waals surface area contributed by atoms with Crippen molar-refractivity contribution in [2.45, 2.75) is 11.8 Å². The quantitative estimate of drug-likeness (QED) is 0.888. The van der Waals surface area contributed by atoms with E-state index in [4.69, 9.17) is 0 Å². The molecule has 0 aliphatic carbocycles. The summed E-state index contributed by atoms with van der Waals surface area (Å²) in [7, 11) is -1.95. The Balaban J connectivity index is 2.35. The minimum absolute atomic E-state index is 0.156. The van der Waals surface area contributed by atoms with Gasteiger partial charge in [0.1, 0.15) is 5.82 Å². The predicted octanol–water partition coefficient (Wildman–Crippen LogP) is 1.63. The maximum atomic E-state index is 12.2. The van der Waals surface area contributed by atoms with Crippen LogP contribution in [-0.4, -0.2) is 25.4 Å². The van der Waals surface area contributed by atoms with E-state index in [1.165, 1.54) is 24.5 Å². The third-order valence-corrected chi connectivity index (χ3v) is 3.93. The summed E-state index contributed by atoms with van der Waals surface area (Å²) < 4.78 is 27.0. The molecule has 0 aromatic carbocycles. The molecular formula is C12H14N4O2S. The van der Waals surface area contributed by atoms with Crippen LogP contribution in [0.4, 0.5) is 11.5 Å². The van der Waals surface area contributed by atoms with Gasteiger partial charge in [-0.25, -0.2) is 13.4 Å². The molecule has 0 saturated carbocycles. The highest BCUT2D eigenvalue weighted by molar-refractivity contribution is 7.92. The van der Waals surface area contributed by atoms with Crippen LogP contribution in [0.15, 0.2) is 41.7 Å². The van der Waals surface area contributed by atoms with Crippen molar-refractivity contribution in [3.63, 3.8) is 0 Å². The minimum atomic E-state index is -3.63. The van der Waals surface area contributed by atoms with Crippen molar-refractivity contribution in [3.05, 3.63) is 42.4 Å². The third kappa shape index (κ3) is 3.00.